The Hall–Kier alpha value is -5.02. The van der Waals surface area contributed by atoms with Crippen molar-refractivity contribution in [3.05, 3.63) is 76.9 Å². The molecule has 0 saturated heterocycles. The summed E-state index contributed by atoms with van der Waals surface area (Å²) in [5.41, 5.74) is 4.19. The SMILES string of the molecule is C/C(CC/C(C)=N/Nc1ccc([N+](=O)[O-])cc1[N+](=O)[O-])=N/Nc1ccc([N+](=O)[O-])cc1[N+](=O)[O-]. The van der Waals surface area contributed by atoms with Crippen LogP contribution in [0.25, 0.3) is 0 Å². The highest BCUT2D eigenvalue weighted by atomic mass is 16.6. The van der Waals surface area contributed by atoms with Crippen LogP contribution in [0.1, 0.15) is 26.7 Å². The Labute approximate surface area is 190 Å². The van der Waals surface area contributed by atoms with Crippen molar-refractivity contribution in [2.24, 2.45) is 10.2 Å². The summed E-state index contributed by atoms with van der Waals surface area (Å²) >= 11 is 0. The zero-order valence-corrected chi connectivity index (χ0v) is 17.8. The van der Waals surface area contributed by atoms with Crippen LogP contribution < -0.4 is 10.9 Å². The van der Waals surface area contributed by atoms with Crippen molar-refractivity contribution in [1.29, 1.82) is 0 Å². The molecule has 0 unspecified atom stereocenters. The van der Waals surface area contributed by atoms with E-state index in [0.29, 0.717) is 24.3 Å². The van der Waals surface area contributed by atoms with Crippen molar-refractivity contribution in [1.82, 2.24) is 0 Å². The maximum Gasteiger partial charge on any atom is 0.301 e. The number of anilines is 2. The Morgan fingerprint density at radius 2 is 1.03 bits per heavy atom. The van der Waals surface area contributed by atoms with E-state index in [2.05, 4.69) is 21.1 Å². The number of nitrogens with one attached hydrogen (secondary N) is 2. The molecule has 34 heavy (non-hydrogen) atoms. The number of nitro groups is 4. The molecule has 0 atom stereocenters. The molecule has 0 heterocycles. The number of benzene rings is 2. The molecule has 0 aliphatic heterocycles. The Balaban J connectivity index is 2.03. The summed E-state index contributed by atoms with van der Waals surface area (Å²) in [6.07, 6.45) is 0.736. The van der Waals surface area contributed by atoms with E-state index in [0.717, 1.165) is 24.3 Å². The van der Waals surface area contributed by atoms with Gasteiger partial charge in [-0.05, 0) is 38.8 Å². The fourth-order valence-electron chi connectivity index (χ4n) is 2.54. The van der Waals surface area contributed by atoms with Crippen molar-refractivity contribution in [3.63, 3.8) is 0 Å². The maximum atomic E-state index is 11.2. The van der Waals surface area contributed by atoms with Gasteiger partial charge in [-0.1, -0.05) is 0 Å². The number of non-ortho nitro benzene ring substituents is 2. The summed E-state index contributed by atoms with van der Waals surface area (Å²) < 4.78 is 0. The highest BCUT2D eigenvalue weighted by Gasteiger charge is 2.20. The molecule has 0 spiro atoms. The van der Waals surface area contributed by atoms with E-state index in [1.807, 2.05) is 0 Å². The van der Waals surface area contributed by atoms with Crippen molar-refractivity contribution in [2.45, 2.75) is 26.7 Å². The smallest absolute Gasteiger partial charge is 0.272 e. The van der Waals surface area contributed by atoms with Crippen LogP contribution in [0.4, 0.5) is 34.1 Å². The van der Waals surface area contributed by atoms with Crippen molar-refractivity contribution in [2.75, 3.05) is 10.9 Å². The zero-order chi connectivity index (χ0) is 25.4. The number of nitrogens with zero attached hydrogens (tertiary/aromatic N) is 6. The number of rotatable bonds is 11. The monoisotopic (exact) mass is 474 g/mol. The molecule has 2 N–H and O–H groups in total. The Kier molecular flexibility index (Phi) is 8.19. The topological polar surface area (TPSA) is 221 Å². The van der Waals surface area contributed by atoms with Gasteiger partial charge in [0.1, 0.15) is 11.4 Å². The third-order valence-electron chi connectivity index (χ3n) is 4.36. The lowest BCUT2D eigenvalue weighted by atomic mass is 10.2. The standard InChI is InChI=1S/C18H18N8O8/c1-11(19-21-15-7-5-13(23(27)28)9-17(15)25(31)32)3-4-12(2)20-22-16-8-6-14(24(29)30)10-18(16)26(33)34/h5-10,21-22H,3-4H2,1-2H3/b19-11-,20-12+. The van der Waals surface area contributed by atoms with Gasteiger partial charge in [-0.2, -0.15) is 10.2 Å². The molecule has 16 heteroatoms. The number of nitro benzene ring substituents is 4. The van der Waals surface area contributed by atoms with Crippen LogP contribution in [0.15, 0.2) is 46.6 Å². The van der Waals surface area contributed by atoms with Crippen LogP contribution >= 0.6 is 0 Å². The first kappa shape index (κ1) is 25.2. The van der Waals surface area contributed by atoms with Crippen LogP contribution in [0.3, 0.4) is 0 Å². The summed E-state index contributed by atoms with van der Waals surface area (Å²) in [5, 5.41) is 52.0. The second-order valence-electron chi connectivity index (χ2n) is 6.85. The predicted molar refractivity (Wildman–Crippen MR) is 122 cm³/mol. The van der Waals surface area contributed by atoms with Gasteiger partial charge in [0, 0.05) is 23.6 Å². The van der Waals surface area contributed by atoms with Crippen molar-refractivity contribution >= 4 is 45.5 Å². The fraction of sp³-hybridized carbons (Fsp3) is 0.222. The zero-order valence-electron chi connectivity index (χ0n) is 17.8. The Bertz CT molecular complexity index is 1120. The maximum absolute atomic E-state index is 11.2. The lowest BCUT2D eigenvalue weighted by molar-refractivity contribution is -0.393. The second-order valence-corrected chi connectivity index (χ2v) is 6.85. The number of hydrogen-bond donors (Lipinski definition) is 2. The van der Waals surface area contributed by atoms with E-state index in [9.17, 15) is 40.5 Å². The van der Waals surface area contributed by atoms with E-state index in [1.54, 1.807) is 13.8 Å². The first-order valence-corrected chi connectivity index (χ1v) is 9.43. The lowest BCUT2D eigenvalue weighted by Gasteiger charge is -2.06. The van der Waals surface area contributed by atoms with Gasteiger partial charge in [0.05, 0.1) is 31.8 Å². The highest BCUT2D eigenvalue weighted by molar-refractivity contribution is 5.90. The molecule has 178 valence electrons. The average Bonchev–Trinajstić information content (AvgIpc) is 2.79. The van der Waals surface area contributed by atoms with Crippen LogP contribution in [-0.2, 0) is 0 Å². The van der Waals surface area contributed by atoms with Gasteiger partial charge >= 0.3 is 11.4 Å². The summed E-state index contributed by atoms with van der Waals surface area (Å²) in [4.78, 5) is 40.9. The van der Waals surface area contributed by atoms with E-state index in [4.69, 9.17) is 0 Å². The molecule has 0 aliphatic carbocycles. The van der Waals surface area contributed by atoms with Gasteiger partial charge in [0.2, 0.25) is 0 Å². The molecule has 0 radical (unpaired) electrons. The average molecular weight is 474 g/mol. The van der Waals surface area contributed by atoms with Gasteiger partial charge in [-0.15, -0.1) is 0 Å². The van der Waals surface area contributed by atoms with Gasteiger partial charge in [0.25, 0.3) is 11.4 Å². The number of hydrogen-bond acceptors (Lipinski definition) is 12. The highest BCUT2D eigenvalue weighted by Crippen LogP contribution is 2.30. The predicted octanol–water partition coefficient (Wildman–Crippen LogP) is 4.38. The lowest BCUT2D eigenvalue weighted by Crippen LogP contribution is -2.05. The molecule has 0 aromatic heterocycles. The molecule has 16 nitrogen and oxygen atoms in total. The van der Waals surface area contributed by atoms with E-state index in [-0.39, 0.29) is 11.4 Å². The van der Waals surface area contributed by atoms with Crippen molar-refractivity contribution < 1.29 is 19.7 Å². The van der Waals surface area contributed by atoms with Gasteiger partial charge < -0.3 is 0 Å². The van der Waals surface area contributed by atoms with Crippen molar-refractivity contribution in [3.8, 4) is 0 Å². The molecule has 0 bridgehead atoms. The molecular weight excluding hydrogens is 456 g/mol. The van der Waals surface area contributed by atoms with Crippen LogP contribution in [0.2, 0.25) is 0 Å². The Morgan fingerprint density at radius 3 is 1.32 bits per heavy atom. The summed E-state index contributed by atoms with van der Waals surface area (Å²) in [5.74, 6) is 0. The largest absolute Gasteiger partial charge is 0.301 e. The second kappa shape index (κ2) is 11.0. The molecule has 2 aromatic carbocycles. The van der Waals surface area contributed by atoms with Gasteiger partial charge in [-0.3, -0.25) is 51.3 Å². The fourth-order valence-corrected chi connectivity index (χ4v) is 2.54. The van der Waals surface area contributed by atoms with E-state index < -0.39 is 42.4 Å². The summed E-state index contributed by atoms with van der Waals surface area (Å²) in [6, 6.07) is 6.24. The quantitative estimate of drug-likeness (QED) is 0.265. The van der Waals surface area contributed by atoms with Gasteiger partial charge in [-0.25, -0.2) is 0 Å². The molecule has 0 fully saturated rings. The summed E-state index contributed by atoms with van der Waals surface area (Å²) in [7, 11) is 0. The van der Waals surface area contributed by atoms with E-state index in [1.165, 1.54) is 12.1 Å². The first-order valence-electron chi connectivity index (χ1n) is 9.43. The minimum atomic E-state index is -0.764. The summed E-state index contributed by atoms with van der Waals surface area (Å²) in [6.45, 7) is 3.29. The number of hydrazone groups is 2. The molecule has 2 rings (SSSR count). The van der Waals surface area contributed by atoms with Crippen LogP contribution in [-0.4, -0.2) is 31.1 Å². The Morgan fingerprint density at radius 1 is 0.676 bits per heavy atom. The molecule has 0 amide bonds. The minimum absolute atomic E-state index is 0.0208. The first-order chi connectivity index (χ1) is 16.0. The third kappa shape index (κ3) is 6.74. The molecule has 0 saturated carbocycles. The molecule has 2 aromatic rings. The molecular formula is C18H18N8O8. The minimum Gasteiger partial charge on any atom is -0.272 e. The molecule has 0 aliphatic rings. The van der Waals surface area contributed by atoms with E-state index >= 15 is 0 Å². The van der Waals surface area contributed by atoms with Gasteiger partial charge in [0.15, 0.2) is 0 Å². The van der Waals surface area contributed by atoms with Crippen LogP contribution in [0, 0.1) is 40.5 Å². The third-order valence-corrected chi connectivity index (χ3v) is 4.36. The van der Waals surface area contributed by atoms with Crippen LogP contribution in [0.5, 0.6) is 0 Å². The normalized spacial score (nSPS) is 11.6.